The number of carboxylic acid groups (broad SMARTS) is 1. The van der Waals surface area contributed by atoms with Crippen LogP contribution >= 0.6 is 0 Å². The van der Waals surface area contributed by atoms with Gasteiger partial charge < -0.3 is 9.84 Å². The fourth-order valence-corrected chi connectivity index (χ4v) is 1.11. The lowest BCUT2D eigenvalue weighted by molar-refractivity contribution is -0.135. The maximum Gasteiger partial charge on any atom is 0.315 e. The predicted molar refractivity (Wildman–Crippen MR) is 61.4 cm³/mol. The van der Waals surface area contributed by atoms with Gasteiger partial charge in [-0.1, -0.05) is 24.8 Å². The summed E-state index contributed by atoms with van der Waals surface area (Å²) >= 11 is 0. The largest absolute Gasteiger partial charge is 0.494 e. The Morgan fingerprint density at radius 2 is 2.31 bits per heavy atom. The summed E-state index contributed by atoms with van der Waals surface area (Å²) in [6.45, 7) is 2.71. The summed E-state index contributed by atoms with van der Waals surface area (Å²) in [5.74, 6) is 5.22. The van der Waals surface area contributed by atoms with E-state index in [0.29, 0.717) is 6.61 Å². The number of ether oxygens (including phenoxy) is 1. The molecular formula is C13H14O3. The minimum absolute atomic E-state index is 0.139. The van der Waals surface area contributed by atoms with Crippen molar-refractivity contribution < 1.29 is 14.6 Å². The number of carboxylic acids is 1. The van der Waals surface area contributed by atoms with Gasteiger partial charge in [0, 0.05) is 5.56 Å². The maximum absolute atomic E-state index is 10.3. The molecule has 0 spiro atoms. The van der Waals surface area contributed by atoms with Gasteiger partial charge >= 0.3 is 5.97 Å². The van der Waals surface area contributed by atoms with Crippen LogP contribution < -0.4 is 4.74 Å². The quantitative estimate of drug-likeness (QED) is 0.789. The highest BCUT2D eigenvalue weighted by Crippen LogP contribution is 2.12. The first-order valence-electron chi connectivity index (χ1n) is 5.16. The molecule has 1 aromatic rings. The summed E-state index contributed by atoms with van der Waals surface area (Å²) in [6.07, 6.45) is 0.814. The molecular weight excluding hydrogens is 204 g/mol. The Hall–Kier alpha value is -1.95. The van der Waals surface area contributed by atoms with Crippen LogP contribution in [0.3, 0.4) is 0 Å². The normalized spacial score (nSPS) is 9.06. The molecule has 0 fully saturated rings. The zero-order chi connectivity index (χ0) is 11.8. The van der Waals surface area contributed by atoms with E-state index in [1.807, 2.05) is 31.2 Å². The van der Waals surface area contributed by atoms with Crippen molar-refractivity contribution >= 4 is 5.97 Å². The zero-order valence-electron chi connectivity index (χ0n) is 9.19. The van der Waals surface area contributed by atoms with Crippen molar-refractivity contribution in [2.45, 2.75) is 19.8 Å². The van der Waals surface area contributed by atoms with E-state index in [1.54, 1.807) is 0 Å². The highest BCUT2D eigenvalue weighted by atomic mass is 16.5. The number of benzene rings is 1. The lowest BCUT2D eigenvalue weighted by Gasteiger charge is -2.03. The molecule has 0 aliphatic carbocycles. The van der Waals surface area contributed by atoms with Crippen LogP contribution in [0.2, 0.25) is 0 Å². The minimum atomic E-state index is -0.911. The highest BCUT2D eigenvalue weighted by Gasteiger charge is 1.94. The molecule has 1 N–H and O–H groups in total. The molecule has 1 rings (SSSR count). The standard InChI is InChI=1S/C13H14O3/c1-2-9-16-12-7-3-5-11(10-12)6-4-8-13(14)15/h3,5,7,10H,2,8-9H2,1H3,(H,14,15). The van der Waals surface area contributed by atoms with Gasteiger partial charge in [0.1, 0.15) is 12.2 Å². The number of carbonyl (C=O) groups is 1. The predicted octanol–water partition coefficient (Wildman–Crippen LogP) is 2.30. The van der Waals surface area contributed by atoms with Crippen LogP contribution in [-0.4, -0.2) is 17.7 Å². The van der Waals surface area contributed by atoms with Crippen LogP contribution in [-0.2, 0) is 4.79 Å². The Morgan fingerprint density at radius 3 is 3.00 bits per heavy atom. The van der Waals surface area contributed by atoms with E-state index in [2.05, 4.69) is 11.8 Å². The molecule has 0 saturated heterocycles. The van der Waals surface area contributed by atoms with E-state index >= 15 is 0 Å². The van der Waals surface area contributed by atoms with Crippen LogP contribution in [0, 0.1) is 11.8 Å². The van der Waals surface area contributed by atoms with Crippen molar-refractivity contribution in [3.8, 4) is 17.6 Å². The average molecular weight is 218 g/mol. The Labute approximate surface area is 95.1 Å². The Morgan fingerprint density at radius 1 is 1.50 bits per heavy atom. The van der Waals surface area contributed by atoms with E-state index in [1.165, 1.54) is 0 Å². The van der Waals surface area contributed by atoms with Crippen molar-refractivity contribution in [1.29, 1.82) is 0 Å². The SMILES string of the molecule is CCCOc1cccc(C#CCC(=O)O)c1. The van der Waals surface area contributed by atoms with Crippen molar-refractivity contribution in [3.63, 3.8) is 0 Å². The smallest absolute Gasteiger partial charge is 0.315 e. The zero-order valence-corrected chi connectivity index (χ0v) is 9.19. The first-order chi connectivity index (χ1) is 7.72. The van der Waals surface area contributed by atoms with Crippen LogP contribution in [0.4, 0.5) is 0 Å². The Kier molecular flexibility index (Phi) is 4.94. The Balaban J connectivity index is 2.65. The second-order valence-electron chi connectivity index (χ2n) is 3.25. The van der Waals surface area contributed by atoms with Gasteiger partial charge in [-0.2, -0.15) is 0 Å². The lowest BCUT2D eigenvalue weighted by atomic mass is 10.2. The second-order valence-corrected chi connectivity index (χ2v) is 3.25. The molecule has 3 heteroatoms. The van der Waals surface area contributed by atoms with Gasteiger partial charge in [0.05, 0.1) is 6.61 Å². The van der Waals surface area contributed by atoms with E-state index in [9.17, 15) is 4.79 Å². The summed E-state index contributed by atoms with van der Waals surface area (Å²) in [7, 11) is 0. The fourth-order valence-electron chi connectivity index (χ4n) is 1.11. The summed E-state index contributed by atoms with van der Waals surface area (Å²) in [6, 6.07) is 7.34. The molecule has 0 saturated carbocycles. The third-order valence-corrected chi connectivity index (χ3v) is 1.78. The summed E-state index contributed by atoms with van der Waals surface area (Å²) in [5, 5.41) is 8.44. The van der Waals surface area contributed by atoms with E-state index in [0.717, 1.165) is 17.7 Å². The van der Waals surface area contributed by atoms with Gasteiger partial charge in [0.15, 0.2) is 0 Å². The molecule has 3 nitrogen and oxygen atoms in total. The maximum atomic E-state index is 10.3. The van der Waals surface area contributed by atoms with Gasteiger partial charge in [-0.05, 0) is 24.6 Å². The third kappa shape index (κ3) is 4.52. The molecule has 1 aromatic carbocycles. The first kappa shape index (κ1) is 12.1. The summed E-state index contributed by atoms with van der Waals surface area (Å²) < 4.78 is 5.44. The van der Waals surface area contributed by atoms with Crippen molar-refractivity contribution in [1.82, 2.24) is 0 Å². The molecule has 0 atom stereocenters. The van der Waals surface area contributed by atoms with Gasteiger partial charge in [-0.15, -0.1) is 0 Å². The second kappa shape index (κ2) is 6.52. The van der Waals surface area contributed by atoms with Crippen LogP contribution in [0.25, 0.3) is 0 Å². The number of hydrogen-bond donors (Lipinski definition) is 1. The van der Waals surface area contributed by atoms with Gasteiger partial charge in [0.25, 0.3) is 0 Å². The molecule has 84 valence electrons. The monoisotopic (exact) mass is 218 g/mol. The summed E-state index contributed by atoms with van der Waals surface area (Å²) in [4.78, 5) is 10.3. The minimum Gasteiger partial charge on any atom is -0.494 e. The van der Waals surface area contributed by atoms with Crippen molar-refractivity contribution in [3.05, 3.63) is 29.8 Å². The first-order valence-corrected chi connectivity index (χ1v) is 5.16. The van der Waals surface area contributed by atoms with E-state index < -0.39 is 5.97 Å². The summed E-state index contributed by atoms with van der Waals surface area (Å²) in [5.41, 5.74) is 0.773. The Bertz CT molecular complexity index is 413. The number of aliphatic carboxylic acids is 1. The van der Waals surface area contributed by atoms with Crippen molar-refractivity contribution in [2.75, 3.05) is 6.61 Å². The van der Waals surface area contributed by atoms with Gasteiger partial charge in [-0.25, -0.2) is 0 Å². The molecule has 0 aliphatic heterocycles. The molecule has 0 bridgehead atoms. The van der Waals surface area contributed by atoms with E-state index in [-0.39, 0.29) is 6.42 Å². The third-order valence-electron chi connectivity index (χ3n) is 1.78. The van der Waals surface area contributed by atoms with Gasteiger partial charge in [0.2, 0.25) is 0 Å². The average Bonchev–Trinajstić information content (AvgIpc) is 2.26. The molecule has 0 aromatic heterocycles. The number of hydrogen-bond acceptors (Lipinski definition) is 2. The molecule has 0 aliphatic rings. The van der Waals surface area contributed by atoms with Crippen LogP contribution in [0.1, 0.15) is 25.3 Å². The fraction of sp³-hybridized carbons (Fsp3) is 0.308. The van der Waals surface area contributed by atoms with Crippen LogP contribution in [0.15, 0.2) is 24.3 Å². The molecule has 0 unspecified atom stereocenters. The lowest BCUT2D eigenvalue weighted by Crippen LogP contribution is -1.94. The van der Waals surface area contributed by atoms with Crippen LogP contribution in [0.5, 0.6) is 5.75 Å². The van der Waals surface area contributed by atoms with E-state index in [4.69, 9.17) is 9.84 Å². The van der Waals surface area contributed by atoms with Gasteiger partial charge in [-0.3, -0.25) is 4.79 Å². The van der Waals surface area contributed by atoms with Crippen molar-refractivity contribution in [2.24, 2.45) is 0 Å². The molecule has 16 heavy (non-hydrogen) atoms. The molecule has 0 amide bonds. The topological polar surface area (TPSA) is 46.5 Å². The highest BCUT2D eigenvalue weighted by molar-refractivity contribution is 5.70. The molecule has 0 heterocycles. The molecule has 0 radical (unpaired) electrons. The number of rotatable bonds is 4.